The Hall–Kier alpha value is -0.960. The zero-order valence-corrected chi connectivity index (χ0v) is 7.81. The fraction of sp³-hybridized carbons (Fsp3) is 0.222. The fourth-order valence-electron chi connectivity index (χ4n) is 0.924. The summed E-state index contributed by atoms with van der Waals surface area (Å²) in [6, 6.07) is 5.03. The van der Waals surface area contributed by atoms with Crippen molar-refractivity contribution in [1.29, 1.82) is 0 Å². The van der Waals surface area contributed by atoms with Crippen molar-refractivity contribution in [2.75, 3.05) is 6.26 Å². The van der Waals surface area contributed by atoms with Crippen LogP contribution in [0.1, 0.15) is 17.3 Å². The molecule has 0 unspecified atom stereocenters. The van der Waals surface area contributed by atoms with Gasteiger partial charge in [-0.2, -0.15) is 0 Å². The summed E-state index contributed by atoms with van der Waals surface area (Å²) in [4.78, 5) is 11.9. The van der Waals surface area contributed by atoms with Crippen molar-refractivity contribution in [2.45, 2.75) is 11.8 Å². The number of phenolic OH excluding ortho intramolecular Hbond substituents is 1. The van der Waals surface area contributed by atoms with E-state index in [2.05, 4.69) is 0 Å². The van der Waals surface area contributed by atoms with Gasteiger partial charge in [-0.1, -0.05) is 0 Å². The van der Waals surface area contributed by atoms with E-state index in [9.17, 15) is 9.90 Å². The van der Waals surface area contributed by atoms with Crippen LogP contribution in [0.5, 0.6) is 5.75 Å². The molecule has 0 heterocycles. The molecule has 12 heavy (non-hydrogen) atoms. The number of carbonyl (C=O) groups excluding carboxylic acids is 1. The number of carbonyl (C=O) groups is 1. The van der Waals surface area contributed by atoms with E-state index in [4.69, 9.17) is 0 Å². The molecule has 0 aliphatic rings. The first-order valence-electron chi connectivity index (χ1n) is 3.53. The van der Waals surface area contributed by atoms with E-state index >= 15 is 0 Å². The van der Waals surface area contributed by atoms with Crippen molar-refractivity contribution in [2.24, 2.45) is 0 Å². The average molecular weight is 182 g/mol. The van der Waals surface area contributed by atoms with Gasteiger partial charge in [0.2, 0.25) is 0 Å². The summed E-state index contributed by atoms with van der Waals surface area (Å²) in [5, 5.41) is 9.27. The van der Waals surface area contributed by atoms with E-state index < -0.39 is 0 Å². The molecule has 0 radical (unpaired) electrons. The van der Waals surface area contributed by atoms with Crippen molar-refractivity contribution in [3.05, 3.63) is 23.8 Å². The first-order chi connectivity index (χ1) is 5.65. The lowest BCUT2D eigenvalue weighted by Gasteiger charge is -2.01. The summed E-state index contributed by atoms with van der Waals surface area (Å²) in [5.41, 5.74) is 0.391. The van der Waals surface area contributed by atoms with E-state index in [0.29, 0.717) is 5.56 Å². The zero-order chi connectivity index (χ0) is 9.14. The maximum atomic E-state index is 11.0. The van der Waals surface area contributed by atoms with Crippen LogP contribution >= 0.6 is 11.8 Å². The molecular weight excluding hydrogens is 172 g/mol. The lowest BCUT2D eigenvalue weighted by molar-refractivity contribution is 0.101. The van der Waals surface area contributed by atoms with E-state index in [1.165, 1.54) is 6.92 Å². The molecule has 2 nitrogen and oxygen atoms in total. The third-order valence-corrected chi connectivity index (χ3v) is 2.31. The Morgan fingerprint density at radius 3 is 2.67 bits per heavy atom. The Morgan fingerprint density at radius 1 is 1.50 bits per heavy atom. The van der Waals surface area contributed by atoms with Crippen molar-refractivity contribution in [3.63, 3.8) is 0 Å². The van der Waals surface area contributed by atoms with Gasteiger partial charge < -0.3 is 5.11 Å². The van der Waals surface area contributed by atoms with Gasteiger partial charge in [0.15, 0.2) is 5.78 Å². The van der Waals surface area contributed by atoms with Gasteiger partial charge in [-0.25, -0.2) is 0 Å². The molecule has 0 bridgehead atoms. The van der Waals surface area contributed by atoms with Crippen LogP contribution in [0.4, 0.5) is 0 Å². The smallest absolute Gasteiger partial charge is 0.163 e. The number of hydrogen-bond acceptors (Lipinski definition) is 3. The van der Waals surface area contributed by atoms with Crippen molar-refractivity contribution in [1.82, 2.24) is 0 Å². The molecular formula is C9H10O2S. The van der Waals surface area contributed by atoms with Crippen molar-refractivity contribution in [3.8, 4) is 5.75 Å². The van der Waals surface area contributed by atoms with E-state index in [-0.39, 0.29) is 11.5 Å². The van der Waals surface area contributed by atoms with Gasteiger partial charge in [-0.15, -0.1) is 11.8 Å². The molecule has 0 spiro atoms. The fourth-order valence-corrected chi connectivity index (χ4v) is 1.36. The van der Waals surface area contributed by atoms with Gasteiger partial charge in [0.05, 0.1) is 5.56 Å². The highest BCUT2D eigenvalue weighted by molar-refractivity contribution is 7.98. The molecule has 0 aliphatic heterocycles. The maximum Gasteiger partial charge on any atom is 0.163 e. The van der Waals surface area contributed by atoms with Crippen LogP contribution in [0, 0.1) is 0 Å². The molecule has 1 aromatic carbocycles. The number of thioether (sulfide) groups is 1. The minimum atomic E-state index is -0.108. The van der Waals surface area contributed by atoms with E-state index in [1.807, 2.05) is 6.26 Å². The SMILES string of the molecule is CSc1ccc(O)c(C(C)=O)c1. The lowest BCUT2D eigenvalue weighted by atomic mass is 10.1. The second-order valence-corrected chi connectivity index (χ2v) is 3.32. The molecule has 0 atom stereocenters. The summed E-state index contributed by atoms with van der Waals surface area (Å²) in [5.74, 6) is -0.0521. The Bertz CT molecular complexity index is 307. The molecule has 0 fully saturated rings. The highest BCUT2D eigenvalue weighted by atomic mass is 32.2. The van der Waals surface area contributed by atoms with E-state index in [0.717, 1.165) is 4.90 Å². The molecule has 64 valence electrons. The Morgan fingerprint density at radius 2 is 2.17 bits per heavy atom. The highest BCUT2D eigenvalue weighted by Gasteiger charge is 2.06. The number of benzene rings is 1. The number of rotatable bonds is 2. The Balaban J connectivity index is 3.17. The van der Waals surface area contributed by atoms with Gasteiger partial charge in [0.1, 0.15) is 5.75 Å². The molecule has 0 amide bonds. The van der Waals surface area contributed by atoms with Gasteiger partial charge in [0.25, 0.3) is 0 Å². The van der Waals surface area contributed by atoms with Crippen LogP contribution in [-0.4, -0.2) is 17.1 Å². The molecule has 0 aliphatic carbocycles. The quantitative estimate of drug-likeness (QED) is 0.563. The molecule has 1 N–H and O–H groups in total. The van der Waals surface area contributed by atoms with E-state index in [1.54, 1.807) is 30.0 Å². The minimum Gasteiger partial charge on any atom is -0.507 e. The predicted molar refractivity (Wildman–Crippen MR) is 49.9 cm³/mol. The molecule has 0 saturated carbocycles. The number of aromatic hydroxyl groups is 1. The van der Waals surface area contributed by atoms with Gasteiger partial charge in [-0.05, 0) is 31.4 Å². The summed E-state index contributed by atoms with van der Waals surface area (Å²) < 4.78 is 0. The Kier molecular flexibility index (Phi) is 2.76. The highest BCUT2D eigenvalue weighted by Crippen LogP contribution is 2.23. The third-order valence-electron chi connectivity index (χ3n) is 1.58. The first kappa shape index (κ1) is 9.13. The van der Waals surface area contributed by atoms with Gasteiger partial charge >= 0.3 is 0 Å². The number of ketones is 1. The molecule has 0 saturated heterocycles. The van der Waals surface area contributed by atoms with Crippen LogP contribution in [0.25, 0.3) is 0 Å². The van der Waals surface area contributed by atoms with Crippen LogP contribution in [-0.2, 0) is 0 Å². The molecule has 0 aromatic heterocycles. The van der Waals surface area contributed by atoms with Gasteiger partial charge in [0, 0.05) is 4.90 Å². The average Bonchev–Trinajstić information content (AvgIpc) is 2.05. The summed E-state index contributed by atoms with van der Waals surface area (Å²) in [6.45, 7) is 1.44. The molecule has 1 aromatic rings. The largest absolute Gasteiger partial charge is 0.507 e. The summed E-state index contributed by atoms with van der Waals surface area (Å²) in [6.07, 6.45) is 1.93. The van der Waals surface area contributed by atoms with Gasteiger partial charge in [-0.3, -0.25) is 4.79 Å². The maximum absolute atomic E-state index is 11.0. The van der Waals surface area contributed by atoms with Crippen LogP contribution in [0.2, 0.25) is 0 Å². The minimum absolute atomic E-state index is 0.0558. The topological polar surface area (TPSA) is 37.3 Å². The van der Waals surface area contributed by atoms with Crippen LogP contribution in [0.15, 0.2) is 23.1 Å². The number of hydrogen-bond donors (Lipinski definition) is 1. The van der Waals surface area contributed by atoms with Crippen molar-refractivity contribution >= 4 is 17.5 Å². The summed E-state index contributed by atoms with van der Waals surface area (Å²) in [7, 11) is 0. The number of Topliss-reactive ketones (excluding diaryl/α,β-unsaturated/α-hetero) is 1. The monoisotopic (exact) mass is 182 g/mol. The first-order valence-corrected chi connectivity index (χ1v) is 4.75. The third kappa shape index (κ3) is 1.80. The van der Waals surface area contributed by atoms with Crippen LogP contribution < -0.4 is 0 Å². The summed E-state index contributed by atoms with van der Waals surface area (Å²) >= 11 is 1.55. The second-order valence-electron chi connectivity index (χ2n) is 2.44. The zero-order valence-electron chi connectivity index (χ0n) is 7.00. The normalized spacial score (nSPS) is 9.83. The molecule has 3 heteroatoms. The Labute approximate surface area is 75.6 Å². The molecule has 1 rings (SSSR count). The van der Waals surface area contributed by atoms with Crippen molar-refractivity contribution < 1.29 is 9.90 Å². The predicted octanol–water partition coefficient (Wildman–Crippen LogP) is 2.32. The lowest BCUT2D eigenvalue weighted by Crippen LogP contribution is -1.92. The second kappa shape index (κ2) is 3.63. The number of phenols is 1. The standard InChI is InChI=1S/C9H10O2S/c1-6(10)8-5-7(12-2)3-4-9(8)11/h3-5,11H,1-2H3. The van der Waals surface area contributed by atoms with Crippen LogP contribution in [0.3, 0.4) is 0 Å².